The summed E-state index contributed by atoms with van der Waals surface area (Å²) in [7, 11) is 0. The highest BCUT2D eigenvalue weighted by Gasteiger charge is 2.09. The van der Waals surface area contributed by atoms with Gasteiger partial charge in [0.25, 0.3) is 0 Å². The van der Waals surface area contributed by atoms with Gasteiger partial charge in [-0.3, -0.25) is 5.41 Å². The lowest BCUT2D eigenvalue weighted by molar-refractivity contribution is 1.36. The predicted molar refractivity (Wildman–Crippen MR) is 104 cm³/mol. The van der Waals surface area contributed by atoms with Gasteiger partial charge in [-0.25, -0.2) is 0 Å². The number of nitrogens with one attached hydrogen (secondary N) is 2. The molecule has 0 aromatic heterocycles. The van der Waals surface area contributed by atoms with Crippen molar-refractivity contribution in [2.24, 2.45) is 0 Å². The molecule has 24 heavy (non-hydrogen) atoms. The molecule has 0 aliphatic heterocycles. The largest absolute Gasteiger partial charge is 0.398 e. The standard InChI is InChI=1S/C20H19N3S/c1-14-6-5-9-17(12-14)24-23-16-10-11-19(21)18(13-16)20(22)15-7-3-2-4-8-15/h2-13,22-23H,21H2,1H3. The second-order valence-electron chi connectivity index (χ2n) is 5.56. The van der Waals surface area contributed by atoms with Gasteiger partial charge in [-0.2, -0.15) is 0 Å². The first-order chi connectivity index (χ1) is 11.6. The summed E-state index contributed by atoms with van der Waals surface area (Å²) in [5.74, 6) is 0. The molecule has 0 heterocycles. The summed E-state index contributed by atoms with van der Waals surface area (Å²) >= 11 is 1.55. The lowest BCUT2D eigenvalue weighted by Crippen LogP contribution is -2.06. The lowest BCUT2D eigenvalue weighted by Gasteiger charge is -2.12. The molecule has 4 N–H and O–H groups in total. The van der Waals surface area contributed by atoms with Crippen LogP contribution in [0, 0.1) is 12.3 Å². The van der Waals surface area contributed by atoms with Crippen LogP contribution in [-0.2, 0) is 0 Å². The van der Waals surface area contributed by atoms with Crippen molar-refractivity contribution in [3.05, 3.63) is 89.5 Å². The minimum Gasteiger partial charge on any atom is -0.398 e. The highest BCUT2D eigenvalue weighted by molar-refractivity contribution is 8.00. The second-order valence-corrected chi connectivity index (χ2v) is 6.44. The van der Waals surface area contributed by atoms with Gasteiger partial charge in [-0.1, -0.05) is 42.5 Å². The van der Waals surface area contributed by atoms with E-state index in [-0.39, 0.29) is 0 Å². The fraction of sp³-hybridized carbons (Fsp3) is 0.0500. The third-order valence-corrected chi connectivity index (χ3v) is 4.49. The van der Waals surface area contributed by atoms with E-state index >= 15 is 0 Å². The van der Waals surface area contributed by atoms with Crippen LogP contribution in [-0.4, -0.2) is 5.71 Å². The highest BCUT2D eigenvalue weighted by atomic mass is 32.2. The number of hydrogen-bond donors (Lipinski definition) is 3. The molecule has 0 fully saturated rings. The van der Waals surface area contributed by atoms with Crippen molar-refractivity contribution in [3.8, 4) is 0 Å². The quantitative estimate of drug-likeness (QED) is 0.345. The van der Waals surface area contributed by atoms with Crippen molar-refractivity contribution >= 4 is 29.0 Å². The molecule has 0 bridgehead atoms. The average Bonchev–Trinajstić information content (AvgIpc) is 2.61. The third-order valence-electron chi connectivity index (χ3n) is 3.66. The fourth-order valence-electron chi connectivity index (χ4n) is 2.39. The highest BCUT2D eigenvalue weighted by Crippen LogP contribution is 2.26. The Balaban J connectivity index is 1.80. The van der Waals surface area contributed by atoms with Crippen LogP contribution in [0.15, 0.2) is 77.7 Å². The number of rotatable bonds is 5. The molecule has 0 atom stereocenters. The van der Waals surface area contributed by atoms with E-state index in [1.165, 1.54) is 5.56 Å². The van der Waals surface area contributed by atoms with Crippen LogP contribution in [0.1, 0.15) is 16.7 Å². The Morgan fingerprint density at radius 1 is 0.958 bits per heavy atom. The maximum Gasteiger partial charge on any atom is 0.0705 e. The average molecular weight is 333 g/mol. The predicted octanol–water partition coefficient (Wildman–Crippen LogP) is 5.11. The summed E-state index contributed by atoms with van der Waals surface area (Å²) in [5.41, 5.74) is 10.9. The van der Waals surface area contributed by atoms with Crippen LogP contribution in [0.25, 0.3) is 0 Å². The summed E-state index contributed by atoms with van der Waals surface area (Å²) in [5, 5.41) is 8.42. The Kier molecular flexibility index (Phi) is 4.87. The lowest BCUT2D eigenvalue weighted by atomic mass is 10.0. The van der Waals surface area contributed by atoms with Gasteiger partial charge in [-0.15, -0.1) is 0 Å². The van der Waals surface area contributed by atoms with Crippen molar-refractivity contribution in [3.63, 3.8) is 0 Å². The normalized spacial score (nSPS) is 10.4. The zero-order chi connectivity index (χ0) is 16.9. The van der Waals surface area contributed by atoms with E-state index in [1.807, 2.05) is 54.6 Å². The summed E-state index contributed by atoms with van der Waals surface area (Å²) in [4.78, 5) is 1.14. The Hall–Kier alpha value is -2.72. The third kappa shape index (κ3) is 3.78. The van der Waals surface area contributed by atoms with E-state index in [0.717, 1.165) is 21.7 Å². The fourth-order valence-corrected chi connectivity index (χ4v) is 3.15. The summed E-state index contributed by atoms with van der Waals surface area (Å²) < 4.78 is 3.33. The van der Waals surface area contributed by atoms with E-state index in [9.17, 15) is 0 Å². The molecule has 0 unspecified atom stereocenters. The van der Waals surface area contributed by atoms with Crippen LogP contribution >= 0.6 is 11.9 Å². The van der Waals surface area contributed by atoms with Gasteiger partial charge in [0.1, 0.15) is 0 Å². The van der Waals surface area contributed by atoms with Crippen LogP contribution in [0.3, 0.4) is 0 Å². The minimum atomic E-state index is 0.428. The molecule has 0 aliphatic rings. The number of benzene rings is 3. The van der Waals surface area contributed by atoms with E-state index < -0.39 is 0 Å². The molecule has 0 radical (unpaired) electrons. The monoisotopic (exact) mass is 333 g/mol. The van der Waals surface area contributed by atoms with Gasteiger partial charge in [0.05, 0.1) is 5.71 Å². The van der Waals surface area contributed by atoms with Crippen LogP contribution in [0.4, 0.5) is 11.4 Å². The molecule has 0 saturated carbocycles. The van der Waals surface area contributed by atoms with Gasteiger partial charge in [0.2, 0.25) is 0 Å². The second kappa shape index (κ2) is 7.23. The zero-order valence-electron chi connectivity index (χ0n) is 13.4. The van der Waals surface area contributed by atoms with Crippen LogP contribution < -0.4 is 10.5 Å². The molecular weight excluding hydrogens is 314 g/mol. The number of hydrogen-bond acceptors (Lipinski definition) is 4. The Morgan fingerprint density at radius 3 is 2.50 bits per heavy atom. The Morgan fingerprint density at radius 2 is 1.75 bits per heavy atom. The maximum absolute atomic E-state index is 8.42. The molecule has 0 aliphatic carbocycles. The molecule has 3 nitrogen and oxygen atoms in total. The summed E-state index contributed by atoms with van der Waals surface area (Å²) in [6, 6.07) is 23.6. The zero-order valence-corrected chi connectivity index (χ0v) is 14.2. The first-order valence-electron chi connectivity index (χ1n) is 7.67. The summed E-state index contributed by atoms with van der Waals surface area (Å²) in [6.45, 7) is 2.08. The van der Waals surface area contributed by atoms with Crippen molar-refractivity contribution in [2.75, 3.05) is 10.5 Å². The van der Waals surface area contributed by atoms with Crippen molar-refractivity contribution < 1.29 is 0 Å². The number of aryl methyl sites for hydroxylation is 1. The molecule has 3 aromatic carbocycles. The first-order valence-corrected chi connectivity index (χ1v) is 8.48. The molecule has 0 spiro atoms. The molecule has 4 heteroatoms. The van der Waals surface area contributed by atoms with Gasteiger partial charge < -0.3 is 10.5 Å². The van der Waals surface area contributed by atoms with E-state index in [1.54, 1.807) is 11.9 Å². The SMILES string of the molecule is Cc1cccc(SNc2ccc(N)c(C(=N)c3ccccc3)c2)c1. The molecule has 0 saturated heterocycles. The van der Waals surface area contributed by atoms with Crippen molar-refractivity contribution in [1.82, 2.24) is 0 Å². The minimum absolute atomic E-state index is 0.428. The van der Waals surface area contributed by atoms with E-state index in [2.05, 4.69) is 29.8 Å². The smallest absolute Gasteiger partial charge is 0.0705 e. The van der Waals surface area contributed by atoms with E-state index in [0.29, 0.717) is 11.4 Å². The Labute approximate surface area is 146 Å². The van der Waals surface area contributed by atoms with Crippen molar-refractivity contribution in [2.45, 2.75) is 11.8 Å². The molecule has 3 rings (SSSR count). The maximum atomic E-state index is 8.42. The van der Waals surface area contributed by atoms with Gasteiger partial charge >= 0.3 is 0 Å². The number of nitrogens with two attached hydrogens (primary N) is 1. The van der Waals surface area contributed by atoms with Gasteiger partial charge in [-0.05, 0) is 54.8 Å². The molecule has 3 aromatic rings. The van der Waals surface area contributed by atoms with Crippen LogP contribution in [0.2, 0.25) is 0 Å². The Bertz CT molecular complexity index is 860. The molecular formula is C20H19N3S. The summed E-state index contributed by atoms with van der Waals surface area (Å²) in [6.07, 6.45) is 0. The van der Waals surface area contributed by atoms with Crippen LogP contribution in [0.5, 0.6) is 0 Å². The number of anilines is 2. The number of nitrogen functional groups attached to an aromatic ring is 1. The molecule has 0 amide bonds. The van der Waals surface area contributed by atoms with Gasteiger partial charge in [0, 0.05) is 27.4 Å². The topological polar surface area (TPSA) is 61.9 Å². The molecule has 120 valence electrons. The van der Waals surface area contributed by atoms with Crippen molar-refractivity contribution in [1.29, 1.82) is 5.41 Å². The van der Waals surface area contributed by atoms with E-state index in [4.69, 9.17) is 11.1 Å². The first kappa shape index (κ1) is 16.1. The van der Waals surface area contributed by atoms with Gasteiger partial charge in [0.15, 0.2) is 0 Å².